The predicted octanol–water partition coefficient (Wildman–Crippen LogP) is 5.44. The molecule has 0 nitrogen and oxygen atoms in total. The largest absolute Gasteiger partial charge is 0.0823 e. The van der Waals surface area contributed by atoms with Gasteiger partial charge in [0.25, 0.3) is 0 Å². The predicted molar refractivity (Wildman–Crippen MR) is 63.9 cm³/mol. The number of halogens is 4. The Labute approximate surface area is 104 Å². The van der Waals surface area contributed by atoms with E-state index in [1.54, 1.807) is 0 Å². The van der Waals surface area contributed by atoms with Crippen molar-refractivity contribution in [2.75, 3.05) is 0 Å². The molecule has 0 spiro atoms. The highest BCUT2D eigenvalue weighted by Gasteiger charge is 2.13. The summed E-state index contributed by atoms with van der Waals surface area (Å²) in [6.45, 7) is 2.10. The van der Waals surface area contributed by atoms with Crippen LogP contribution in [0.15, 0.2) is 0 Å². The van der Waals surface area contributed by atoms with Crippen molar-refractivity contribution in [1.29, 1.82) is 0 Å². The fourth-order valence-electron chi connectivity index (χ4n) is 1.14. The van der Waals surface area contributed by atoms with Crippen LogP contribution in [-0.4, -0.2) is 0 Å². The maximum atomic E-state index is 6.00. The standard InChI is InChI=1S/C10H9Cl4/c1-2-3-4-6-9(13)7(11)5-8(12)10(6)14/h2-4H2,1H3. The molecule has 0 saturated heterocycles. The first kappa shape index (κ1) is 12.4. The van der Waals surface area contributed by atoms with Gasteiger partial charge in [-0.15, -0.1) is 0 Å². The highest BCUT2D eigenvalue weighted by Crippen LogP contribution is 2.37. The molecule has 0 unspecified atom stereocenters. The SMILES string of the molecule is CCCCc1c(Cl)c(Cl)[c]c(Cl)c1Cl. The molecule has 0 aliphatic carbocycles. The third-order valence-electron chi connectivity index (χ3n) is 1.92. The summed E-state index contributed by atoms with van der Waals surface area (Å²) in [4.78, 5) is 0. The molecule has 1 aromatic carbocycles. The molecule has 1 radical (unpaired) electrons. The molecule has 0 N–H and O–H groups in total. The number of hydrogen-bond acceptors (Lipinski definition) is 0. The van der Waals surface area contributed by atoms with Crippen LogP contribution in [0.1, 0.15) is 25.3 Å². The molecule has 1 aromatic rings. The first-order valence-electron chi connectivity index (χ1n) is 4.32. The quantitative estimate of drug-likeness (QED) is 0.642. The average molecular weight is 271 g/mol. The van der Waals surface area contributed by atoms with Gasteiger partial charge >= 0.3 is 0 Å². The van der Waals surface area contributed by atoms with E-state index in [-0.39, 0.29) is 0 Å². The van der Waals surface area contributed by atoms with E-state index in [0.29, 0.717) is 20.1 Å². The number of unbranched alkanes of at least 4 members (excludes halogenated alkanes) is 1. The van der Waals surface area contributed by atoms with E-state index in [9.17, 15) is 0 Å². The maximum Gasteiger partial charge on any atom is 0.0690 e. The highest BCUT2D eigenvalue weighted by atomic mass is 35.5. The van der Waals surface area contributed by atoms with E-state index in [2.05, 4.69) is 13.0 Å². The van der Waals surface area contributed by atoms with Crippen molar-refractivity contribution < 1.29 is 0 Å². The molecule has 0 aliphatic rings. The van der Waals surface area contributed by atoms with Crippen LogP contribution in [0, 0.1) is 6.07 Å². The Bertz CT molecular complexity index is 307. The minimum Gasteiger partial charge on any atom is -0.0823 e. The summed E-state index contributed by atoms with van der Waals surface area (Å²) < 4.78 is 0. The van der Waals surface area contributed by atoms with E-state index < -0.39 is 0 Å². The van der Waals surface area contributed by atoms with Crippen LogP contribution in [0.25, 0.3) is 0 Å². The summed E-state index contributed by atoms with van der Waals surface area (Å²) in [6, 6.07) is 2.69. The van der Waals surface area contributed by atoms with Crippen LogP contribution >= 0.6 is 46.4 Å². The van der Waals surface area contributed by atoms with Crippen LogP contribution in [-0.2, 0) is 6.42 Å². The lowest BCUT2D eigenvalue weighted by Gasteiger charge is -2.08. The Morgan fingerprint density at radius 2 is 1.50 bits per heavy atom. The lowest BCUT2D eigenvalue weighted by Crippen LogP contribution is -1.90. The van der Waals surface area contributed by atoms with Crippen molar-refractivity contribution in [3.63, 3.8) is 0 Å². The monoisotopic (exact) mass is 269 g/mol. The molecule has 0 atom stereocenters. The third-order valence-corrected chi connectivity index (χ3v) is 3.51. The summed E-state index contributed by atoms with van der Waals surface area (Å²) in [5.74, 6) is 0. The van der Waals surface area contributed by atoms with Crippen molar-refractivity contribution >= 4 is 46.4 Å². The molecule has 1 rings (SSSR count). The molecule has 0 aromatic heterocycles. The smallest absolute Gasteiger partial charge is 0.0690 e. The zero-order valence-corrected chi connectivity index (χ0v) is 10.7. The average Bonchev–Trinajstić information content (AvgIpc) is 2.15. The van der Waals surface area contributed by atoms with Gasteiger partial charge in [0.1, 0.15) is 0 Å². The van der Waals surface area contributed by atoms with Gasteiger partial charge in [-0.25, -0.2) is 0 Å². The van der Waals surface area contributed by atoms with E-state index in [0.717, 1.165) is 24.8 Å². The molecule has 0 aliphatic heterocycles. The normalized spacial score (nSPS) is 10.6. The Balaban J connectivity index is 3.11. The zero-order valence-electron chi connectivity index (χ0n) is 7.63. The zero-order chi connectivity index (χ0) is 10.7. The summed E-state index contributed by atoms with van der Waals surface area (Å²) in [6.07, 6.45) is 2.87. The Morgan fingerprint density at radius 1 is 1.00 bits per heavy atom. The van der Waals surface area contributed by atoms with Gasteiger partial charge in [0, 0.05) is 6.07 Å². The maximum absolute atomic E-state index is 6.00. The van der Waals surface area contributed by atoms with Gasteiger partial charge in [-0.3, -0.25) is 0 Å². The number of rotatable bonds is 3. The molecule has 0 saturated carbocycles. The summed E-state index contributed by atoms with van der Waals surface area (Å²) in [5, 5.41) is 1.61. The lowest BCUT2D eigenvalue weighted by atomic mass is 10.1. The van der Waals surface area contributed by atoms with Crippen molar-refractivity contribution in [3.05, 3.63) is 31.7 Å². The molecule has 77 valence electrons. The lowest BCUT2D eigenvalue weighted by molar-refractivity contribution is 0.795. The molecular weight excluding hydrogens is 262 g/mol. The van der Waals surface area contributed by atoms with Gasteiger partial charge < -0.3 is 0 Å². The van der Waals surface area contributed by atoms with E-state index in [4.69, 9.17) is 46.4 Å². The third kappa shape index (κ3) is 2.70. The van der Waals surface area contributed by atoms with Crippen LogP contribution in [0.4, 0.5) is 0 Å². The second-order valence-electron chi connectivity index (χ2n) is 2.96. The molecular formula is C10H9Cl4. The van der Waals surface area contributed by atoms with Crippen molar-refractivity contribution in [2.45, 2.75) is 26.2 Å². The molecule has 0 heterocycles. The van der Waals surface area contributed by atoms with Gasteiger partial charge in [0.2, 0.25) is 0 Å². The number of benzene rings is 1. The van der Waals surface area contributed by atoms with Crippen molar-refractivity contribution in [1.82, 2.24) is 0 Å². The van der Waals surface area contributed by atoms with Crippen LogP contribution in [0.5, 0.6) is 0 Å². The van der Waals surface area contributed by atoms with Crippen LogP contribution < -0.4 is 0 Å². The molecule has 0 amide bonds. The summed E-state index contributed by atoms with van der Waals surface area (Å²) in [7, 11) is 0. The van der Waals surface area contributed by atoms with Crippen LogP contribution in [0.3, 0.4) is 0 Å². The molecule has 0 bridgehead atoms. The molecule has 14 heavy (non-hydrogen) atoms. The highest BCUT2D eigenvalue weighted by molar-refractivity contribution is 6.47. The Morgan fingerprint density at radius 3 is 1.93 bits per heavy atom. The number of hydrogen-bond donors (Lipinski definition) is 0. The van der Waals surface area contributed by atoms with Gasteiger partial charge in [-0.2, -0.15) is 0 Å². The van der Waals surface area contributed by atoms with Gasteiger partial charge in [0.15, 0.2) is 0 Å². The minimum atomic E-state index is 0.340. The topological polar surface area (TPSA) is 0 Å². The summed E-state index contributed by atoms with van der Waals surface area (Å²) >= 11 is 23.7. The molecule has 0 fully saturated rings. The van der Waals surface area contributed by atoms with E-state index in [1.807, 2.05) is 0 Å². The van der Waals surface area contributed by atoms with Gasteiger partial charge in [-0.05, 0) is 18.4 Å². The first-order valence-corrected chi connectivity index (χ1v) is 5.83. The first-order chi connectivity index (χ1) is 6.57. The van der Waals surface area contributed by atoms with Crippen LogP contribution in [0.2, 0.25) is 20.1 Å². The fourth-order valence-corrected chi connectivity index (χ4v) is 2.13. The minimum absolute atomic E-state index is 0.340. The summed E-state index contributed by atoms with van der Waals surface area (Å²) in [5.41, 5.74) is 0.823. The fraction of sp³-hybridized carbons (Fsp3) is 0.400. The Hall–Kier alpha value is 0.380. The van der Waals surface area contributed by atoms with E-state index >= 15 is 0 Å². The van der Waals surface area contributed by atoms with Gasteiger partial charge in [0.05, 0.1) is 20.1 Å². The van der Waals surface area contributed by atoms with Crippen molar-refractivity contribution in [2.24, 2.45) is 0 Å². The Kier molecular flexibility index (Phi) is 4.86. The second kappa shape index (κ2) is 5.46. The van der Waals surface area contributed by atoms with Crippen molar-refractivity contribution in [3.8, 4) is 0 Å². The molecule has 4 heteroatoms. The van der Waals surface area contributed by atoms with E-state index in [1.165, 1.54) is 0 Å². The second-order valence-corrected chi connectivity index (χ2v) is 4.47. The van der Waals surface area contributed by atoms with Gasteiger partial charge in [-0.1, -0.05) is 59.7 Å².